The highest BCUT2D eigenvalue weighted by Gasteiger charge is 2.10. The standard InChI is InChI=1S/C12H7N3OS/c1-7-15-9-3-2-8(4-10(9)16-7)12-11(5-13)17-6-14-12/h2-4,6H,1H3. The lowest BCUT2D eigenvalue weighted by Gasteiger charge is -1.96. The molecule has 0 fully saturated rings. The normalized spacial score (nSPS) is 10.6. The molecule has 2 heterocycles. The van der Waals surface area contributed by atoms with Gasteiger partial charge in [0.2, 0.25) is 0 Å². The van der Waals surface area contributed by atoms with Crippen molar-refractivity contribution < 1.29 is 4.42 Å². The molecule has 0 aliphatic heterocycles. The molecule has 0 unspecified atom stereocenters. The van der Waals surface area contributed by atoms with E-state index in [1.807, 2.05) is 25.1 Å². The van der Waals surface area contributed by atoms with Crippen LogP contribution in [0.1, 0.15) is 10.8 Å². The number of benzene rings is 1. The number of aromatic nitrogens is 2. The Morgan fingerprint density at radius 1 is 1.41 bits per heavy atom. The highest BCUT2D eigenvalue weighted by molar-refractivity contribution is 7.10. The quantitative estimate of drug-likeness (QED) is 0.656. The van der Waals surface area contributed by atoms with Crippen LogP contribution in [0.5, 0.6) is 0 Å². The molecule has 82 valence electrons. The van der Waals surface area contributed by atoms with Crippen LogP contribution in [0.2, 0.25) is 0 Å². The maximum Gasteiger partial charge on any atom is 0.192 e. The Balaban J connectivity index is 2.21. The Kier molecular flexibility index (Phi) is 2.16. The van der Waals surface area contributed by atoms with Gasteiger partial charge >= 0.3 is 0 Å². The Morgan fingerprint density at radius 2 is 2.29 bits per heavy atom. The summed E-state index contributed by atoms with van der Waals surface area (Å²) in [6, 6.07) is 7.78. The molecular formula is C12H7N3OS. The van der Waals surface area contributed by atoms with E-state index >= 15 is 0 Å². The molecule has 0 N–H and O–H groups in total. The number of thiazole rings is 1. The molecule has 17 heavy (non-hydrogen) atoms. The summed E-state index contributed by atoms with van der Waals surface area (Å²) in [5.74, 6) is 0.635. The van der Waals surface area contributed by atoms with Gasteiger partial charge in [0.1, 0.15) is 16.5 Å². The second-order valence-corrected chi connectivity index (χ2v) is 4.41. The zero-order valence-electron chi connectivity index (χ0n) is 8.97. The zero-order chi connectivity index (χ0) is 11.8. The lowest BCUT2D eigenvalue weighted by molar-refractivity contribution is 0.561. The predicted molar refractivity (Wildman–Crippen MR) is 64.6 cm³/mol. The lowest BCUT2D eigenvalue weighted by Crippen LogP contribution is -1.80. The Morgan fingerprint density at radius 3 is 3.12 bits per heavy atom. The molecule has 0 saturated heterocycles. The summed E-state index contributed by atoms with van der Waals surface area (Å²) in [6.45, 7) is 1.81. The minimum Gasteiger partial charge on any atom is -0.441 e. The molecule has 3 aromatic rings. The molecule has 0 spiro atoms. The summed E-state index contributed by atoms with van der Waals surface area (Å²) in [5.41, 5.74) is 4.79. The van der Waals surface area contributed by atoms with Gasteiger partial charge < -0.3 is 4.42 Å². The molecule has 0 radical (unpaired) electrons. The summed E-state index contributed by atoms with van der Waals surface area (Å²) in [5, 5.41) is 8.97. The summed E-state index contributed by atoms with van der Waals surface area (Å²) in [6.07, 6.45) is 0. The molecule has 0 saturated carbocycles. The molecular weight excluding hydrogens is 234 g/mol. The Bertz CT molecular complexity index is 736. The number of aryl methyl sites for hydroxylation is 1. The SMILES string of the molecule is Cc1nc2ccc(-c3ncsc3C#N)cc2o1. The number of fused-ring (bicyclic) bond motifs is 1. The number of nitrogens with zero attached hydrogens (tertiary/aromatic N) is 3. The molecule has 5 heteroatoms. The van der Waals surface area contributed by atoms with Gasteiger partial charge in [-0.05, 0) is 12.1 Å². The van der Waals surface area contributed by atoms with E-state index in [0.29, 0.717) is 16.5 Å². The fourth-order valence-electron chi connectivity index (χ4n) is 1.72. The van der Waals surface area contributed by atoms with Crippen molar-refractivity contribution in [3.63, 3.8) is 0 Å². The Labute approximate surface area is 101 Å². The third kappa shape index (κ3) is 1.59. The molecule has 4 nitrogen and oxygen atoms in total. The first-order valence-corrected chi connectivity index (χ1v) is 5.87. The van der Waals surface area contributed by atoms with Crippen LogP contribution in [-0.2, 0) is 0 Å². The third-order valence-corrected chi connectivity index (χ3v) is 3.17. The van der Waals surface area contributed by atoms with Gasteiger partial charge in [-0.15, -0.1) is 11.3 Å². The van der Waals surface area contributed by atoms with E-state index in [-0.39, 0.29) is 0 Å². The van der Waals surface area contributed by atoms with Gasteiger partial charge in [0, 0.05) is 12.5 Å². The Hall–Kier alpha value is -2.19. The van der Waals surface area contributed by atoms with Crippen molar-refractivity contribution in [2.24, 2.45) is 0 Å². The molecule has 0 bridgehead atoms. The van der Waals surface area contributed by atoms with Crippen molar-refractivity contribution >= 4 is 22.4 Å². The second kappa shape index (κ2) is 3.68. The topological polar surface area (TPSA) is 62.7 Å². The number of hydrogen-bond donors (Lipinski definition) is 0. The van der Waals surface area contributed by atoms with E-state index in [9.17, 15) is 0 Å². The smallest absolute Gasteiger partial charge is 0.192 e. The average Bonchev–Trinajstić information content (AvgIpc) is 2.91. The highest BCUT2D eigenvalue weighted by atomic mass is 32.1. The van der Waals surface area contributed by atoms with Crippen LogP contribution >= 0.6 is 11.3 Å². The molecule has 0 atom stereocenters. The van der Waals surface area contributed by atoms with E-state index in [1.54, 1.807) is 5.51 Å². The maximum absolute atomic E-state index is 8.97. The predicted octanol–water partition coefficient (Wildman–Crippen LogP) is 3.13. The van der Waals surface area contributed by atoms with Crippen molar-refractivity contribution in [3.8, 4) is 17.3 Å². The lowest BCUT2D eigenvalue weighted by atomic mass is 10.1. The third-order valence-electron chi connectivity index (χ3n) is 2.44. The first-order chi connectivity index (χ1) is 8.28. The van der Waals surface area contributed by atoms with Crippen LogP contribution in [0.3, 0.4) is 0 Å². The van der Waals surface area contributed by atoms with E-state index in [1.165, 1.54) is 11.3 Å². The van der Waals surface area contributed by atoms with Crippen LogP contribution in [0.15, 0.2) is 28.1 Å². The van der Waals surface area contributed by atoms with Gasteiger partial charge in [-0.25, -0.2) is 9.97 Å². The van der Waals surface area contributed by atoms with Gasteiger partial charge in [0.25, 0.3) is 0 Å². The molecule has 0 aliphatic rings. The minimum atomic E-state index is 0.612. The molecule has 0 aliphatic carbocycles. The minimum absolute atomic E-state index is 0.612. The summed E-state index contributed by atoms with van der Waals surface area (Å²) in [4.78, 5) is 9.05. The fraction of sp³-hybridized carbons (Fsp3) is 0.0833. The van der Waals surface area contributed by atoms with Gasteiger partial charge in [-0.1, -0.05) is 6.07 Å². The monoisotopic (exact) mass is 241 g/mol. The van der Waals surface area contributed by atoms with Crippen molar-refractivity contribution in [3.05, 3.63) is 34.5 Å². The van der Waals surface area contributed by atoms with E-state index in [2.05, 4.69) is 16.0 Å². The first kappa shape index (κ1) is 10.00. The molecule has 3 rings (SSSR count). The summed E-state index contributed by atoms with van der Waals surface area (Å²) >= 11 is 1.34. The second-order valence-electron chi connectivity index (χ2n) is 3.56. The number of hydrogen-bond acceptors (Lipinski definition) is 5. The van der Waals surface area contributed by atoms with Crippen molar-refractivity contribution in [2.45, 2.75) is 6.92 Å². The van der Waals surface area contributed by atoms with E-state index in [0.717, 1.165) is 16.7 Å². The van der Waals surface area contributed by atoms with Crippen LogP contribution in [0.4, 0.5) is 0 Å². The van der Waals surface area contributed by atoms with Crippen LogP contribution < -0.4 is 0 Å². The van der Waals surface area contributed by atoms with Gasteiger partial charge in [-0.3, -0.25) is 0 Å². The molecule has 2 aromatic heterocycles. The van der Waals surface area contributed by atoms with E-state index in [4.69, 9.17) is 9.68 Å². The summed E-state index contributed by atoms with van der Waals surface area (Å²) in [7, 11) is 0. The van der Waals surface area contributed by atoms with Gasteiger partial charge in [0.05, 0.1) is 11.2 Å². The average molecular weight is 241 g/mol. The van der Waals surface area contributed by atoms with Crippen molar-refractivity contribution in [1.82, 2.24) is 9.97 Å². The van der Waals surface area contributed by atoms with E-state index < -0.39 is 0 Å². The molecule has 0 amide bonds. The van der Waals surface area contributed by atoms with Crippen LogP contribution in [-0.4, -0.2) is 9.97 Å². The van der Waals surface area contributed by atoms with Gasteiger partial charge in [0.15, 0.2) is 11.5 Å². The fourth-order valence-corrected chi connectivity index (χ4v) is 2.32. The zero-order valence-corrected chi connectivity index (χ0v) is 9.78. The number of oxazole rings is 1. The first-order valence-electron chi connectivity index (χ1n) is 4.99. The van der Waals surface area contributed by atoms with Crippen LogP contribution in [0, 0.1) is 18.3 Å². The maximum atomic E-state index is 8.97. The van der Waals surface area contributed by atoms with Gasteiger partial charge in [-0.2, -0.15) is 5.26 Å². The number of rotatable bonds is 1. The number of nitriles is 1. The largest absolute Gasteiger partial charge is 0.441 e. The molecule has 1 aromatic carbocycles. The van der Waals surface area contributed by atoms with Crippen molar-refractivity contribution in [1.29, 1.82) is 5.26 Å². The van der Waals surface area contributed by atoms with Crippen LogP contribution in [0.25, 0.3) is 22.4 Å². The van der Waals surface area contributed by atoms with Crippen molar-refractivity contribution in [2.75, 3.05) is 0 Å². The highest BCUT2D eigenvalue weighted by Crippen LogP contribution is 2.27. The summed E-state index contributed by atoms with van der Waals surface area (Å²) < 4.78 is 5.46.